The Labute approximate surface area is 115 Å². The number of hydrogen-bond acceptors (Lipinski definition) is 2. The Morgan fingerprint density at radius 1 is 1.26 bits per heavy atom. The minimum atomic E-state index is -0.314. The second-order valence-corrected chi connectivity index (χ2v) is 5.06. The Hall–Kier alpha value is -1.58. The number of rotatable bonds is 1. The zero-order valence-electron chi connectivity index (χ0n) is 10.2. The molecule has 98 valence electrons. The first-order valence-electron chi connectivity index (χ1n) is 6.16. The first-order chi connectivity index (χ1) is 9.16. The van der Waals surface area contributed by atoms with Crippen LogP contribution in [-0.4, -0.2) is 11.7 Å². The molecule has 1 atom stereocenters. The maximum atomic E-state index is 14.0. The number of phenolic OH excluding ortho intramolecular Hbond substituents is 1. The first kappa shape index (κ1) is 12.5. The normalized spacial score (nSPS) is 18.1. The zero-order valence-corrected chi connectivity index (χ0v) is 10.9. The molecule has 0 amide bonds. The largest absolute Gasteiger partial charge is 0.508 e. The van der Waals surface area contributed by atoms with E-state index >= 15 is 0 Å². The van der Waals surface area contributed by atoms with E-state index in [4.69, 9.17) is 11.6 Å². The van der Waals surface area contributed by atoms with Crippen molar-refractivity contribution in [2.75, 3.05) is 6.54 Å². The van der Waals surface area contributed by atoms with Crippen molar-refractivity contribution < 1.29 is 9.50 Å². The lowest BCUT2D eigenvalue weighted by Crippen LogP contribution is -2.31. The summed E-state index contributed by atoms with van der Waals surface area (Å²) in [6.45, 7) is 0.728. The third-order valence-electron chi connectivity index (χ3n) is 3.47. The molecule has 1 aliphatic heterocycles. The van der Waals surface area contributed by atoms with Crippen molar-refractivity contribution >= 4 is 11.6 Å². The van der Waals surface area contributed by atoms with Gasteiger partial charge < -0.3 is 10.4 Å². The van der Waals surface area contributed by atoms with Crippen molar-refractivity contribution in [2.24, 2.45) is 0 Å². The molecule has 19 heavy (non-hydrogen) atoms. The van der Waals surface area contributed by atoms with E-state index in [9.17, 15) is 9.50 Å². The average Bonchev–Trinajstić information content (AvgIpc) is 2.38. The molecule has 0 fully saturated rings. The van der Waals surface area contributed by atoms with Crippen LogP contribution in [0.2, 0.25) is 5.02 Å². The number of aromatic hydroxyl groups is 1. The Morgan fingerprint density at radius 2 is 2.11 bits per heavy atom. The van der Waals surface area contributed by atoms with E-state index in [2.05, 4.69) is 5.32 Å². The van der Waals surface area contributed by atoms with Crippen molar-refractivity contribution in [3.05, 3.63) is 63.9 Å². The van der Waals surface area contributed by atoms with Crippen LogP contribution in [0.4, 0.5) is 4.39 Å². The summed E-state index contributed by atoms with van der Waals surface area (Å²) in [5, 5.41) is 13.2. The molecule has 1 heterocycles. The van der Waals surface area contributed by atoms with Crippen LogP contribution in [0.1, 0.15) is 22.7 Å². The topological polar surface area (TPSA) is 32.3 Å². The number of nitrogens with one attached hydrogen (secondary N) is 1. The van der Waals surface area contributed by atoms with E-state index in [1.54, 1.807) is 24.3 Å². The van der Waals surface area contributed by atoms with E-state index in [0.717, 1.165) is 24.1 Å². The molecular weight excluding hydrogens is 265 g/mol. The minimum absolute atomic E-state index is 0.235. The second-order valence-electron chi connectivity index (χ2n) is 4.66. The van der Waals surface area contributed by atoms with Crippen LogP contribution in [0, 0.1) is 5.82 Å². The van der Waals surface area contributed by atoms with Crippen LogP contribution >= 0.6 is 11.6 Å². The van der Waals surface area contributed by atoms with E-state index in [-0.39, 0.29) is 17.6 Å². The molecular formula is C15H13ClFNO. The number of phenols is 1. The van der Waals surface area contributed by atoms with Crippen LogP contribution in [0.5, 0.6) is 5.75 Å². The summed E-state index contributed by atoms with van der Waals surface area (Å²) in [4.78, 5) is 0. The fourth-order valence-corrected chi connectivity index (χ4v) is 2.87. The van der Waals surface area contributed by atoms with Crippen molar-refractivity contribution in [3.63, 3.8) is 0 Å². The molecule has 0 radical (unpaired) electrons. The van der Waals surface area contributed by atoms with E-state index in [1.165, 1.54) is 6.07 Å². The summed E-state index contributed by atoms with van der Waals surface area (Å²) in [6, 6.07) is 9.61. The van der Waals surface area contributed by atoms with Gasteiger partial charge in [0.05, 0.1) is 6.04 Å². The molecule has 2 nitrogen and oxygen atoms in total. The highest BCUT2D eigenvalue weighted by molar-refractivity contribution is 6.31. The smallest absolute Gasteiger partial charge is 0.129 e. The molecule has 1 unspecified atom stereocenters. The van der Waals surface area contributed by atoms with Gasteiger partial charge in [0, 0.05) is 17.1 Å². The number of halogens is 2. The van der Waals surface area contributed by atoms with Gasteiger partial charge in [0.1, 0.15) is 11.6 Å². The Morgan fingerprint density at radius 3 is 2.89 bits per heavy atom. The quantitative estimate of drug-likeness (QED) is 0.837. The number of benzene rings is 2. The van der Waals surface area contributed by atoms with Crippen molar-refractivity contribution in [3.8, 4) is 5.75 Å². The summed E-state index contributed by atoms with van der Waals surface area (Å²) >= 11 is 6.13. The molecule has 4 heteroatoms. The van der Waals surface area contributed by atoms with Gasteiger partial charge in [-0.05, 0) is 41.8 Å². The van der Waals surface area contributed by atoms with Crippen LogP contribution in [0.15, 0.2) is 36.4 Å². The van der Waals surface area contributed by atoms with E-state index in [0.29, 0.717) is 10.6 Å². The summed E-state index contributed by atoms with van der Waals surface area (Å²) in [6.07, 6.45) is 0.812. The van der Waals surface area contributed by atoms with Crippen LogP contribution in [0.3, 0.4) is 0 Å². The second kappa shape index (κ2) is 4.83. The van der Waals surface area contributed by atoms with Gasteiger partial charge in [-0.3, -0.25) is 0 Å². The summed E-state index contributed by atoms with van der Waals surface area (Å²) < 4.78 is 14.0. The molecule has 3 rings (SSSR count). The van der Waals surface area contributed by atoms with E-state index in [1.807, 2.05) is 6.07 Å². The monoisotopic (exact) mass is 277 g/mol. The fourth-order valence-electron chi connectivity index (χ4n) is 2.60. The summed E-state index contributed by atoms with van der Waals surface area (Å²) in [5.74, 6) is -0.0787. The predicted octanol–water partition coefficient (Wildman–Crippen LogP) is 3.42. The Kier molecular flexibility index (Phi) is 3.17. The van der Waals surface area contributed by atoms with Crippen molar-refractivity contribution in [1.29, 1.82) is 0 Å². The molecule has 0 aliphatic carbocycles. The first-order valence-corrected chi connectivity index (χ1v) is 6.53. The van der Waals surface area contributed by atoms with Crippen molar-refractivity contribution in [2.45, 2.75) is 12.5 Å². The SMILES string of the molecule is Oc1ccc2c(c1)CCNC2c1c(F)cccc1Cl. The lowest BCUT2D eigenvalue weighted by atomic mass is 9.89. The molecule has 0 saturated heterocycles. The predicted molar refractivity (Wildman–Crippen MR) is 73.1 cm³/mol. The van der Waals surface area contributed by atoms with Gasteiger partial charge in [-0.25, -0.2) is 4.39 Å². The molecule has 0 bridgehead atoms. The van der Waals surface area contributed by atoms with Crippen LogP contribution in [-0.2, 0) is 6.42 Å². The molecule has 0 spiro atoms. The van der Waals surface area contributed by atoms with E-state index < -0.39 is 0 Å². The van der Waals surface area contributed by atoms with Crippen LogP contribution < -0.4 is 5.32 Å². The van der Waals surface area contributed by atoms with Gasteiger partial charge in [-0.1, -0.05) is 23.7 Å². The highest BCUT2D eigenvalue weighted by Gasteiger charge is 2.25. The summed E-state index contributed by atoms with van der Waals surface area (Å²) in [7, 11) is 0. The fraction of sp³-hybridized carbons (Fsp3) is 0.200. The van der Waals surface area contributed by atoms with Gasteiger partial charge in [0.25, 0.3) is 0 Å². The highest BCUT2D eigenvalue weighted by atomic mass is 35.5. The standard InChI is InChI=1S/C15H13ClFNO/c16-12-2-1-3-13(17)14(12)15-11-5-4-10(19)8-9(11)6-7-18-15/h1-5,8,15,18-19H,6-7H2. The maximum absolute atomic E-state index is 14.0. The molecule has 2 N–H and O–H groups in total. The number of hydrogen-bond donors (Lipinski definition) is 2. The van der Waals surface area contributed by atoms with Gasteiger partial charge in [0.15, 0.2) is 0 Å². The van der Waals surface area contributed by atoms with Crippen molar-refractivity contribution in [1.82, 2.24) is 5.32 Å². The lowest BCUT2D eigenvalue weighted by molar-refractivity contribution is 0.470. The van der Waals surface area contributed by atoms with Gasteiger partial charge in [-0.2, -0.15) is 0 Å². The minimum Gasteiger partial charge on any atom is -0.508 e. The van der Waals surface area contributed by atoms with Gasteiger partial charge in [-0.15, -0.1) is 0 Å². The molecule has 2 aromatic carbocycles. The molecule has 0 aromatic heterocycles. The average molecular weight is 278 g/mol. The highest BCUT2D eigenvalue weighted by Crippen LogP contribution is 2.35. The summed E-state index contributed by atoms with van der Waals surface area (Å²) in [5.41, 5.74) is 2.47. The Balaban J connectivity index is 2.14. The number of fused-ring (bicyclic) bond motifs is 1. The third-order valence-corrected chi connectivity index (χ3v) is 3.80. The maximum Gasteiger partial charge on any atom is 0.129 e. The van der Waals surface area contributed by atoms with Gasteiger partial charge in [0.2, 0.25) is 0 Å². The van der Waals surface area contributed by atoms with Gasteiger partial charge >= 0.3 is 0 Å². The zero-order chi connectivity index (χ0) is 13.4. The Bertz CT molecular complexity index is 609. The molecule has 1 aliphatic rings. The molecule has 2 aromatic rings. The molecule has 0 saturated carbocycles. The lowest BCUT2D eigenvalue weighted by Gasteiger charge is -2.28. The third kappa shape index (κ3) is 2.20. The van der Waals surface area contributed by atoms with Crippen LogP contribution in [0.25, 0.3) is 0 Å².